The van der Waals surface area contributed by atoms with Crippen LogP contribution in [0.2, 0.25) is 0 Å². The van der Waals surface area contributed by atoms with Crippen molar-refractivity contribution in [2.75, 3.05) is 13.1 Å². The Morgan fingerprint density at radius 2 is 2.07 bits per heavy atom. The summed E-state index contributed by atoms with van der Waals surface area (Å²) in [5.74, 6) is 0.0712. The number of piperidine rings is 1. The van der Waals surface area contributed by atoms with Crippen LogP contribution in [0.15, 0.2) is 18.5 Å². The molecule has 1 aromatic rings. The number of carbonyl (C=O) groups is 1. The second-order valence-corrected chi connectivity index (χ2v) is 4.06. The van der Waals surface area contributed by atoms with Crippen molar-refractivity contribution in [1.82, 2.24) is 14.7 Å². The molecule has 0 N–H and O–H groups in total. The molecule has 0 spiro atoms. The third-order valence-corrected chi connectivity index (χ3v) is 3.03. The largest absolute Gasteiger partial charge is 0.292 e. The number of hydrogen-bond acceptors (Lipinski definition) is 3. The summed E-state index contributed by atoms with van der Waals surface area (Å²) in [6.07, 6.45) is 7.05. The molecule has 2 heterocycles. The van der Waals surface area contributed by atoms with Crippen molar-refractivity contribution in [3.05, 3.63) is 18.5 Å². The molecule has 4 heteroatoms. The zero-order chi connectivity index (χ0) is 10.7. The van der Waals surface area contributed by atoms with Crippen molar-refractivity contribution >= 4 is 5.91 Å². The normalized spacial score (nSPS) is 20.1. The lowest BCUT2D eigenvalue weighted by Gasteiger charge is -2.30. The Morgan fingerprint density at radius 1 is 1.33 bits per heavy atom. The van der Waals surface area contributed by atoms with Gasteiger partial charge in [0.25, 0.3) is 5.91 Å². The van der Waals surface area contributed by atoms with E-state index in [1.54, 1.807) is 18.5 Å². The maximum absolute atomic E-state index is 12.0. The number of likely N-dealkylation sites (tertiary alicyclic amines) is 1. The molecule has 15 heavy (non-hydrogen) atoms. The molecule has 1 aromatic heterocycles. The lowest BCUT2D eigenvalue weighted by atomic mass is 10.1. The molecule has 1 aliphatic rings. The van der Waals surface area contributed by atoms with Crippen LogP contribution in [0, 0.1) is 0 Å². The molecule has 0 radical (unpaired) electrons. The molecular weight excluding hydrogens is 190 g/mol. The first-order valence-electron chi connectivity index (χ1n) is 5.57. The van der Waals surface area contributed by atoms with Gasteiger partial charge in [0.2, 0.25) is 0 Å². The van der Waals surface area contributed by atoms with Gasteiger partial charge in [-0.25, -0.2) is 4.68 Å². The fourth-order valence-electron chi connectivity index (χ4n) is 2.05. The third-order valence-electron chi connectivity index (χ3n) is 3.03. The molecule has 1 unspecified atom stereocenters. The summed E-state index contributed by atoms with van der Waals surface area (Å²) in [5, 5.41) is 3.97. The quantitative estimate of drug-likeness (QED) is 0.735. The van der Waals surface area contributed by atoms with E-state index in [-0.39, 0.29) is 11.9 Å². The Kier molecular flexibility index (Phi) is 3.16. The smallest absolute Gasteiger partial charge is 0.263 e. The zero-order valence-electron chi connectivity index (χ0n) is 9.09. The van der Waals surface area contributed by atoms with Crippen molar-refractivity contribution in [2.24, 2.45) is 0 Å². The van der Waals surface area contributed by atoms with Crippen molar-refractivity contribution in [3.8, 4) is 0 Å². The molecule has 0 aliphatic carbocycles. The van der Waals surface area contributed by atoms with Crippen LogP contribution < -0.4 is 0 Å². The third kappa shape index (κ3) is 2.26. The molecule has 2 rings (SSSR count). The second kappa shape index (κ2) is 4.57. The van der Waals surface area contributed by atoms with Crippen LogP contribution in [0.25, 0.3) is 0 Å². The maximum Gasteiger partial charge on any atom is 0.263 e. The molecule has 82 valence electrons. The summed E-state index contributed by atoms with van der Waals surface area (Å²) in [6.45, 7) is 4.04. The van der Waals surface area contributed by atoms with E-state index in [4.69, 9.17) is 0 Å². The molecule has 0 aromatic carbocycles. The van der Waals surface area contributed by atoms with E-state index < -0.39 is 0 Å². The highest BCUT2D eigenvalue weighted by Gasteiger charge is 2.23. The van der Waals surface area contributed by atoms with Crippen molar-refractivity contribution in [2.45, 2.75) is 32.2 Å². The van der Waals surface area contributed by atoms with Crippen LogP contribution in [-0.4, -0.2) is 39.7 Å². The highest BCUT2D eigenvalue weighted by Crippen LogP contribution is 2.12. The summed E-state index contributed by atoms with van der Waals surface area (Å²) in [7, 11) is 0. The number of nitrogens with zero attached hydrogens (tertiary/aromatic N) is 3. The van der Waals surface area contributed by atoms with E-state index in [1.165, 1.54) is 23.9 Å². The molecule has 0 amide bonds. The molecule has 1 saturated heterocycles. The van der Waals surface area contributed by atoms with Gasteiger partial charge in [-0.2, -0.15) is 5.10 Å². The van der Waals surface area contributed by atoms with Crippen LogP contribution in [0.5, 0.6) is 0 Å². The van der Waals surface area contributed by atoms with Crippen LogP contribution >= 0.6 is 0 Å². The van der Waals surface area contributed by atoms with E-state index >= 15 is 0 Å². The first-order valence-corrected chi connectivity index (χ1v) is 5.57. The van der Waals surface area contributed by atoms with E-state index in [0.29, 0.717) is 0 Å². The molecule has 4 nitrogen and oxygen atoms in total. The molecule has 1 fully saturated rings. The van der Waals surface area contributed by atoms with E-state index in [2.05, 4.69) is 10.00 Å². The maximum atomic E-state index is 12.0. The highest BCUT2D eigenvalue weighted by atomic mass is 16.2. The molecule has 1 aliphatic heterocycles. The van der Waals surface area contributed by atoms with Crippen molar-refractivity contribution in [3.63, 3.8) is 0 Å². The molecule has 1 atom stereocenters. The minimum Gasteiger partial charge on any atom is -0.292 e. The highest BCUT2D eigenvalue weighted by molar-refractivity contribution is 5.82. The van der Waals surface area contributed by atoms with Crippen LogP contribution in [-0.2, 0) is 0 Å². The average Bonchev–Trinajstić information content (AvgIpc) is 2.82. The number of hydrogen-bond donors (Lipinski definition) is 0. The van der Waals surface area contributed by atoms with Gasteiger partial charge in [-0.1, -0.05) is 6.42 Å². The first kappa shape index (κ1) is 10.4. The van der Waals surface area contributed by atoms with Gasteiger partial charge in [-0.15, -0.1) is 0 Å². The number of aromatic nitrogens is 2. The predicted octanol–water partition coefficient (Wildman–Crippen LogP) is 1.40. The summed E-state index contributed by atoms with van der Waals surface area (Å²) < 4.78 is 1.43. The molecular formula is C11H17N3O. The van der Waals surface area contributed by atoms with Gasteiger partial charge >= 0.3 is 0 Å². The molecule has 0 bridgehead atoms. The Hall–Kier alpha value is -1.16. The van der Waals surface area contributed by atoms with Gasteiger partial charge in [-0.3, -0.25) is 9.69 Å². The monoisotopic (exact) mass is 207 g/mol. The topological polar surface area (TPSA) is 38.1 Å². The Morgan fingerprint density at radius 3 is 2.67 bits per heavy atom. The SMILES string of the molecule is CC(C(=O)n1cccn1)N1CCCCC1. The van der Waals surface area contributed by atoms with Crippen molar-refractivity contribution in [1.29, 1.82) is 0 Å². The van der Waals surface area contributed by atoms with E-state index in [0.717, 1.165) is 13.1 Å². The van der Waals surface area contributed by atoms with E-state index in [9.17, 15) is 4.79 Å². The fourth-order valence-corrected chi connectivity index (χ4v) is 2.05. The van der Waals surface area contributed by atoms with Gasteiger partial charge < -0.3 is 0 Å². The van der Waals surface area contributed by atoms with Gasteiger partial charge in [-0.05, 0) is 38.9 Å². The number of carbonyl (C=O) groups excluding carboxylic acids is 1. The zero-order valence-corrected chi connectivity index (χ0v) is 9.09. The minimum absolute atomic E-state index is 0.0507. The van der Waals surface area contributed by atoms with Gasteiger partial charge in [0, 0.05) is 12.4 Å². The lowest BCUT2D eigenvalue weighted by Crippen LogP contribution is -2.44. The summed E-state index contributed by atoms with van der Waals surface area (Å²) in [4.78, 5) is 14.2. The minimum atomic E-state index is -0.0507. The first-order chi connectivity index (χ1) is 7.29. The predicted molar refractivity (Wildman–Crippen MR) is 57.7 cm³/mol. The fraction of sp³-hybridized carbons (Fsp3) is 0.636. The van der Waals surface area contributed by atoms with Crippen LogP contribution in [0.1, 0.15) is 31.0 Å². The Labute approximate surface area is 89.9 Å². The standard InChI is InChI=1S/C11H17N3O/c1-10(13-7-3-2-4-8-13)11(15)14-9-5-6-12-14/h5-6,9-10H,2-4,7-8H2,1H3. The van der Waals surface area contributed by atoms with Crippen molar-refractivity contribution < 1.29 is 4.79 Å². The van der Waals surface area contributed by atoms with Gasteiger partial charge in [0.05, 0.1) is 6.04 Å². The molecule has 0 saturated carbocycles. The summed E-state index contributed by atoms with van der Waals surface area (Å²) in [5.41, 5.74) is 0. The van der Waals surface area contributed by atoms with Crippen LogP contribution in [0.3, 0.4) is 0 Å². The average molecular weight is 207 g/mol. The van der Waals surface area contributed by atoms with E-state index in [1.807, 2.05) is 6.92 Å². The Balaban J connectivity index is 2.00. The summed E-state index contributed by atoms with van der Waals surface area (Å²) >= 11 is 0. The summed E-state index contributed by atoms with van der Waals surface area (Å²) in [6, 6.07) is 1.73. The number of rotatable bonds is 2. The lowest BCUT2D eigenvalue weighted by molar-refractivity contribution is 0.0704. The van der Waals surface area contributed by atoms with Gasteiger partial charge in [0.15, 0.2) is 0 Å². The Bertz CT molecular complexity index is 315. The second-order valence-electron chi connectivity index (χ2n) is 4.06. The van der Waals surface area contributed by atoms with Crippen LogP contribution in [0.4, 0.5) is 0 Å². The van der Waals surface area contributed by atoms with Gasteiger partial charge in [0.1, 0.15) is 0 Å².